The maximum absolute atomic E-state index is 11.9. The second-order valence-electron chi connectivity index (χ2n) is 3.83. The Balaban J connectivity index is 1.96. The topological polar surface area (TPSA) is 26.3 Å². The van der Waals surface area contributed by atoms with Crippen molar-refractivity contribution in [1.82, 2.24) is 0 Å². The van der Waals surface area contributed by atoms with Gasteiger partial charge in [-0.1, -0.05) is 30.0 Å². The van der Waals surface area contributed by atoms with Crippen LogP contribution in [0.25, 0.3) is 0 Å². The number of ketones is 1. The van der Waals surface area contributed by atoms with Crippen LogP contribution in [0, 0.1) is 0 Å². The van der Waals surface area contributed by atoms with Gasteiger partial charge in [0.2, 0.25) is 0 Å². The maximum Gasteiger partial charge on any atom is 0.186 e. The molecule has 2 nitrogen and oxygen atoms in total. The van der Waals surface area contributed by atoms with E-state index in [1.807, 2.05) is 35.7 Å². The van der Waals surface area contributed by atoms with Crippen molar-refractivity contribution in [1.29, 1.82) is 0 Å². The Hall–Kier alpha value is -2.00. The molecular weight excluding hydrogens is 256 g/mol. The van der Waals surface area contributed by atoms with E-state index in [4.69, 9.17) is 4.74 Å². The third-order valence-corrected chi connectivity index (χ3v) is 3.36. The number of hydrogen-bond donors (Lipinski definition) is 0. The summed E-state index contributed by atoms with van der Waals surface area (Å²) in [5.74, 6) is 0.741. The molecule has 96 valence electrons. The SMILES string of the molecule is COc1ccc(C(=O)/C=C/Sc2ccccc2)cc1. The summed E-state index contributed by atoms with van der Waals surface area (Å²) in [5, 5.41) is 1.81. The molecule has 0 N–H and O–H groups in total. The van der Waals surface area contributed by atoms with E-state index in [1.165, 1.54) is 11.8 Å². The van der Waals surface area contributed by atoms with Gasteiger partial charge in [-0.3, -0.25) is 4.79 Å². The van der Waals surface area contributed by atoms with Crippen LogP contribution in [0.1, 0.15) is 10.4 Å². The average Bonchev–Trinajstić information content (AvgIpc) is 2.48. The molecular formula is C16H14O2S. The third-order valence-electron chi connectivity index (χ3n) is 2.54. The van der Waals surface area contributed by atoms with E-state index in [9.17, 15) is 4.79 Å². The summed E-state index contributed by atoms with van der Waals surface area (Å²) in [6.07, 6.45) is 1.58. The van der Waals surface area contributed by atoms with Gasteiger partial charge in [-0.05, 0) is 47.9 Å². The summed E-state index contributed by atoms with van der Waals surface area (Å²) in [6, 6.07) is 17.0. The van der Waals surface area contributed by atoms with Crippen LogP contribution in [0.3, 0.4) is 0 Å². The van der Waals surface area contributed by atoms with Crippen LogP contribution >= 0.6 is 11.8 Å². The molecule has 0 unspecified atom stereocenters. The zero-order valence-corrected chi connectivity index (χ0v) is 11.4. The van der Waals surface area contributed by atoms with E-state index < -0.39 is 0 Å². The van der Waals surface area contributed by atoms with Crippen molar-refractivity contribution in [3.05, 3.63) is 71.6 Å². The Morgan fingerprint density at radius 1 is 1.05 bits per heavy atom. The number of carbonyl (C=O) groups excluding carboxylic acids is 1. The normalized spacial score (nSPS) is 10.6. The van der Waals surface area contributed by atoms with Crippen LogP contribution in [-0.2, 0) is 0 Å². The predicted octanol–water partition coefficient (Wildman–Crippen LogP) is 4.18. The first kappa shape index (κ1) is 13.4. The Kier molecular flexibility index (Phi) is 4.81. The Morgan fingerprint density at radius 3 is 2.37 bits per heavy atom. The zero-order chi connectivity index (χ0) is 13.5. The second kappa shape index (κ2) is 6.81. The Morgan fingerprint density at radius 2 is 1.74 bits per heavy atom. The molecule has 3 heteroatoms. The van der Waals surface area contributed by atoms with Gasteiger partial charge in [-0.25, -0.2) is 0 Å². The summed E-state index contributed by atoms with van der Waals surface area (Å²) in [6.45, 7) is 0. The minimum absolute atomic E-state index is 0.00826. The monoisotopic (exact) mass is 270 g/mol. The van der Waals surface area contributed by atoms with Crippen molar-refractivity contribution in [2.75, 3.05) is 7.11 Å². The van der Waals surface area contributed by atoms with Gasteiger partial charge < -0.3 is 4.74 Å². The summed E-state index contributed by atoms with van der Waals surface area (Å²) in [4.78, 5) is 13.0. The van der Waals surface area contributed by atoms with Crippen molar-refractivity contribution in [3.8, 4) is 5.75 Å². The lowest BCUT2D eigenvalue weighted by molar-refractivity contribution is 0.104. The van der Waals surface area contributed by atoms with E-state index in [2.05, 4.69) is 0 Å². The summed E-state index contributed by atoms with van der Waals surface area (Å²) in [7, 11) is 1.60. The number of carbonyl (C=O) groups is 1. The number of benzene rings is 2. The molecule has 0 aromatic heterocycles. The van der Waals surface area contributed by atoms with E-state index in [1.54, 1.807) is 37.5 Å². The quantitative estimate of drug-likeness (QED) is 0.463. The molecule has 0 spiro atoms. The molecule has 0 saturated carbocycles. The van der Waals surface area contributed by atoms with Gasteiger partial charge in [-0.2, -0.15) is 0 Å². The van der Waals surface area contributed by atoms with Gasteiger partial charge in [0.1, 0.15) is 5.75 Å². The van der Waals surface area contributed by atoms with Crippen LogP contribution in [0.4, 0.5) is 0 Å². The highest BCUT2D eigenvalue weighted by atomic mass is 32.2. The molecule has 0 bridgehead atoms. The molecule has 0 heterocycles. The Labute approximate surface area is 117 Å². The largest absolute Gasteiger partial charge is 0.497 e. The molecule has 0 atom stereocenters. The number of allylic oxidation sites excluding steroid dienone is 1. The lowest BCUT2D eigenvalue weighted by Gasteiger charge is -2.00. The number of methoxy groups -OCH3 is 1. The van der Waals surface area contributed by atoms with Gasteiger partial charge in [-0.15, -0.1) is 0 Å². The van der Waals surface area contributed by atoms with Crippen molar-refractivity contribution in [2.24, 2.45) is 0 Å². The lowest BCUT2D eigenvalue weighted by atomic mass is 10.1. The van der Waals surface area contributed by atoms with Crippen LogP contribution < -0.4 is 4.74 Å². The number of hydrogen-bond acceptors (Lipinski definition) is 3. The maximum atomic E-state index is 11.9. The first-order valence-corrected chi connectivity index (χ1v) is 6.74. The van der Waals surface area contributed by atoms with E-state index in [0.717, 1.165) is 10.6 Å². The molecule has 0 amide bonds. The molecule has 0 fully saturated rings. The smallest absolute Gasteiger partial charge is 0.186 e. The lowest BCUT2D eigenvalue weighted by Crippen LogP contribution is -1.93. The van der Waals surface area contributed by atoms with Crippen LogP contribution in [0.2, 0.25) is 0 Å². The molecule has 19 heavy (non-hydrogen) atoms. The summed E-state index contributed by atoms with van der Waals surface area (Å²) >= 11 is 1.52. The molecule has 0 radical (unpaired) electrons. The van der Waals surface area contributed by atoms with Gasteiger partial charge >= 0.3 is 0 Å². The van der Waals surface area contributed by atoms with Gasteiger partial charge in [0.25, 0.3) is 0 Å². The number of rotatable bonds is 5. The average molecular weight is 270 g/mol. The minimum Gasteiger partial charge on any atom is -0.497 e. The second-order valence-corrected chi connectivity index (χ2v) is 4.81. The van der Waals surface area contributed by atoms with Crippen molar-refractivity contribution in [2.45, 2.75) is 4.90 Å². The Bertz CT molecular complexity index is 559. The number of ether oxygens (including phenoxy) is 1. The van der Waals surface area contributed by atoms with Gasteiger partial charge in [0, 0.05) is 10.5 Å². The fourth-order valence-electron chi connectivity index (χ4n) is 1.52. The van der Waals surface area contributed by atoms with Crippen molar-refractivity contribution < 1.29 is 9.53 Å². The molecule has 0 aliphatic carbocycles. The first-order chi connectivity index (χ1) is 9.29. The highest BCUT2D eigenvalue weighted by Gasteiger charge is 2.01. The zero-order valence-electron chi connectivity index (χ0n) is 10.6. The van der Waals surface area contributed by atoms with Gasteiger partial charge in [0.15, 0.2) is 5.78 Å². The minimum atomic E-state index is -0.00826. The summed E-state index contributed by atoms with van der Waals surface area (Å²) < 4.78 is 5.05. The molecule has 2 aromatic rings. The van der Waals surface area contributed by atoms with E-state index in [-0.39, 0.29) is 5.78 Å². The molecule has 2 rings (SSSR count). The highest BCUT2D eigenvalue weighted by Crippen LogP contribution is 2.18. The molecule has 0 aliphatic heterocycles. The summed E-state index contributed by atoms with van der Waals surface area (Å²) in [5.41, 5.74) is 0.658. The standard InChI is InChI=1S/C16H14O2S/c1-18-14-9-7-13(8-10-14)16(17)11-12-19-15-5-3-2-4-6-15/h2-12H,1H3/b12-11+. The van der Waals surface area contributed by atoms with Crippen molar-refractivity contribution >= 4 is 17.5 Å². The fourth-order valence-corrected chi connectivity index (χ4v) is 2.19. The van der Waals surface area contributed by atoms with Gasteiger partial charge in [0.05, 0.1) is 7.11 Å². The number of thioether (sulfide) groups is 1. The highest BCUT2D eigenvalue weighted by molar-refractivity contribution is 8.02. The van der Waals surface area contributed by atoms with Crippen molar-refractivity contribution in [3.63, 3.8) is 0 Å². The molecule has 2 aromatic carbocycles. The van der Waals surface area contributed by atoms with E-state index in [0.29, 0.717) is 5.56 Å². The van der Waals surface area contributed by atoms with Crippen LogP contribution in [0.5, 0.6) is 5.75 Å². The van der Waals surface area contributed by atoms with Crippen LogP contribution in [-0.4, -0.2) is 12.9 Å². The molecule has 0 saturated heterocycles. The first-order valence-electron chi connectivity index (χ1n) is 5.86. The fraction of sp³-hybridized carbons (Fsp3) is 0.0625. The van der Waals surface area contributed by atoms with E-state index >= 15 is 0 Å². The molecule has 0 aliphatic rings. The third kappa shape index (κ3) is 4.00. The predicted molar refractivity (Wildman–Crippen MR) is 78.8 cm³/mol. The van der Waals surface area contributed by atoms with Crippen LogP contribution in [0.15, 0.2) is 71.0 Å².